The number of rotatable bonds is 6. The molecular formula is C18H16N6O3. The molecule has 0 saturated heterocycles. The fraction of sp³-hybridized carbons (Fsp3) is 0.111. The maximum Gasteiger partial charge on any atom is 0.232 e. The van der Waals surface area contributed by atoms with Crippen molar-refractivity contribution >= 4 is 17.6 Å². The number of methoxy groups -OCH3 is 1. The largest absolute Gasteiger partial charge is 0.496 e. The zero-order valence-corrected chi connectivity index (χ0v) is 14.6. The van der Waals surface area contributed by atoms with Crippen LogP contribution in [0.1, 0.15) is 0 Å². The maximum atomic E-state index is 5.47. The van der Waals surface area contributed by atoms with Gasteiger partial charge in [0.25, 0.3) is 0 Å². The molecule has 3 heterocycles. The molecule has 4 aromatic rings. The summed E-state index contributed by atoms with van der Waals surface area (Å²) < 4.78 is 16.2. The first-order chi connectivity index (χ1) is 13.3. The van der Waals surface area contributed by atoms with E-state index < -0.39 is 0 Å². The van der Waals surface area contributed by atoms with Gasteiger partial charge >= 0.3 is 0 Å². The van der Waals surface area contributed by atoms with Gasteiger partial charge in [0.15, 0.2) is 17.9 Å². The molecule has 0 fully saturated rings. The Labute approximate surface area is 154 Å². The van der Waals surface area contributed by atoms with Crippen LogP contribution in [0.25, 0.3) is 22.9 Å². The molecule has 0 atom stereocenters. The van der Waals surface area contributed by atoms with Gasteiger partial charge in [0, 0.05) is 18.8 Å². The number of anilines is 3. The summed E-state index contributed by atoms with van der Waals surface area (Å²) in [6, 6.07) is 9.13. The molecule has 3 aromatic heterocycles. The highest BCUT2D eigenvalue weighted by Crippen LogP contribution is 2.33. The number of hydrogen-bond donors (Lipinski definition) is 2. The Hall–Kier alpha value is -3.88. The van der Waals surface area contributed by atoms with E-state index in [4.69, 9.17) is 13.6 Å². The molecule has 0 bridgehead atoms. The quantitative estimate of drug-likeness (QED) is 0.530. The lowest BCUT2D eigenvalue weighted by Gasteiger charge is -2.11. The molecule has 9 nitrogen and oxygen atoms in total. The highest BCUT2D eigenvalue weighted by atomic mass is 16.5. The molecule has 0 radical (unpaired) electrons. The van der Waals surface area contributed by atoms with Crippen molar-refractivity contribution in [1.29, 1.82) is 0 Å². The van der Waals surface area contributed by atoms with E-state index >= 15 is 0 Å². The smallest absolute Gasteiger partial charge is 0.232 e. The molecular weight excluding hydrogens is 348 g/mol. The normalized spacial score (nSPS) is 10.6. The summed E-state index contributed by atoms with van der Waals surface area (Å²) in [4.78, 5) is 17.0. The predicted molar refractivity (Wildman–Crippen MR) is 98.8 cm³/mol. The van der Waals surface area contributed by atoms with E-state index in [9.17, 15) is 0 Å². The molecule has 0 aliphatic carbocycles. The average molecular weight is 364 g/mol. The number of oxazole rings is 1. The molecule has 0 aliphatic rings. The van der Waals surface area contributed by atoms with Gasteiger partial charge in [-0.3, -0.25) is 0 Å². The first-order valence-electron chi connectivity index (χ1n) is 8.08. The van der Waals surface area contributed by atoms with Crippen LogP contribution >= 0.6 is 0 Å². The van der Waals surface area contributed by atoms with Crippen molar-refractivity contribution in [2.45, 2.75) is 0 Å². The number of hydrogen-bond acceptors (Lipinski definition) is 9. The van der Waals surface area contributed by atoms with Gasteiger partial charge in [0.1, 0.15) is 5.75 Å². The summed E-state index contributed by atoms with van der Waals surface area (Å²) in [5.74, 6) is 3.02. The summed E-state index contributed by atoms with van der Waals surface area (Å²) in [5, 5.41) is 6.08. The molecule has 2 N–H and O–H groups in total. The Balaban J connectivity index is 1.67. The molecule has 0 saturated carbocycles. The van der Waals surface area contributed by atoms with Crippen LogP contribution in [0.3, 0.4) is 0 Å². The van der Waals surface area contributed by atoms with E-state index in [2.05, 4.69) is 30.6 Å². The second-order valence-corrected chi connectivity index (χ2v) is 5.44. The standard InChI is InChI=1S/C18H16N6O3/c1-19-17-22-16(13-4-3-7-26-13)23-18(24-17)21-11-5-6-12(14(8-11)25-2)15-9-20-10-27-15/h3-10H,1-2H3,(H2,19,21,22,23,24). The van der Waals surface area contributed by atoms with E-state index in [0.29, 0.717) is 35.0 Å². The number of aromatic nitrogens is 4. The summed E-state index contributed by atoms with van der Waals surface area (Å²) in [6.07, 6.45) is 4.57. The van der Waals surface area contributed by atoms with E-state index in [1.807, 2.05) is 18.2 Å². The topological polar surface area (TPSA) is 111 Å². The molecule has 27 heavy (non-hydrogen) atoms. The molecule has 1 aromatic carbocycles. The van der Waals surface area contributed by atoms with Crippen molar-refractivity contribution in [1.82, 2.24) is 19.9 Å². The predicted octanol–water partition coefficient (Wildman–Crippen LogP) is 3.58. The maximum absolute atomic E-state index is 5.47. The minimum atomic E-state index is 0.371. The number of furan rings is 1. The van der Waals surface area contributed by atoms with Crippen molar-refractivity contribution < 1.29 is 13.6 Å². The third-order valence-corrected chi connectivity index (χ3v) is 3.76. The van der Waals surface area contributed by atoms with E-state index in [0.717, 1.165) is 11.3 Å². The number of ether oxygens (including phenoxy) is 1. The molecule has 9 heteroatoms. The number of benzene rings is 1. The lowest BCUT2D eigenvalue weighted by Crippen LogP contribution is -2.05. The Bertz CT molecular complexity index is 1030. The molecule has 0 spiro atoms. The van der Waals surface area contributed by atoms with Crippen molar-refractivity contribution in [3.8, 4) is 28.7 Å². The highest BCUT2D eigenvalue weighted by Gasteiger charge is 2.13. The first-order valence-corrected chi connectivity index (χ1v) is 8.08. The van der Waals surface area contributed by atoms with Gasteiger partial charge in [-0.2, -0.15) is 15.0 Å². The summed E-state index contributed by atoms with van der Waals surface area (Å²) in [5.41, 5.74) is 1.54. The van der Waals surface area contributed by atoms with Gasteiger partial charge in [-0.15, -0.1) is 0 Å². The van der Waals surface area contributed by atoms with Crippen LogP contribution in [0.15, 0.2) is 58.0 Å². The Kier molecular flexibility index (Phi) is 4.40. The van der Waals surface area contributed by atoms with Gasteiger partial charge in [-0.25, -0.2) is 4.98 Å². The first kappa shape index (κ1) is 16.6. The molecule has 0 unspecified atom stereocenters. The lowest BCUT2D eigenvalue weighted by atomic mass is 10.1. The minimum Gasteiger partial charge on any atom is -0.496 e. The van der Waals surface area contributed by atoms with Crippen molar-refractivity contribution in [2.75, 3.05) is 24.8 Å². The van der Waals surface area contributed by atoms with Crippen LogP contribution in [0.5, 0.6) is 5.75 Å². The summed E-state index contributed by atoms with van der Waals surface area (Å²) >= 11 is 0. The minimum absolute atomic E-state index is 0.371. The average Bonchev–Trinajstić information content (AvgIpc) is 3.41. The van der Waals surface area contributed by atoms with Gasteiger partial charge in [0.05, 0.1) is 25.1 Å². The highest BCUT2D eigenvalue weighted by molar-refractivity contribution is 5.71. The van der Waals surface area contributed by atoms with E-state index in [1.54, 1.807) is 38.8 Å². The molecule has 0 amide bonds. The van der Waals surface area contributed by atoms with Crippen molar-refractivity contribution in [2.24, 2.45) is 0 Å². The van der Waals surface area contributed by atoms with Gasteiger partial charge in [0.2, 0.25) is 17.7 Å². The van der Waals surface area contributed by atoms with Gasteiger partial charge in [-0.05, 0) is 24.3 Å². The molecule has 4 rings (SSSR count). The summed E-state index contributed by atoms with van der Waals surface area (Å²) in [7, 11) is 3.33. The molecule has 0 aliphatic heterocycles. The van der Waals surface area contributed by atoms with Crippen molar-refractivity contribution in [3.63, 3.8) is 0 Å². The van der Waals surface area contributed by atoms with Crippen LogP contribution in [0.2, 0.25) is 0 Å². The fourth-order valence-electron chi connectivity index (χ4n) is 2.51. The Morgan fingerprint density at radius 2 is 1.89 bits per heavy atom. The van der Waals surface area contributed by atoms with Crippen LogP contribution < -0.4 is 15.4 Å². The second-order valence-electron chi connectivity index (χ2n) is 5.44. The Morgan fingerprint density at radius 3 is 2.59 bits per heavy atom. The monoisotopic (exact) mass is 364 g/mol. The van der Waals surface area contributed by atoms with Crippen LogP contribution in [0, 0.1) is 0 Å². The molecule has 136 valence electrons. The second kappa shape index (κ2) is 7.16. The fourth-order valence-corrected chi connectivity index (χ4v) is 2.51. The zero-order chi connectivity index (χ0) is 18.6. The Morgan fingerprint density at radius 1 is 1.00 bits per heavy atom. The van der Waals surface area contributed by atoms with Crippen molar-refractivity contribution in [3.05, 3.63) is 49.2 Å². The number of nitrogens with zero attached hydrogens (tertiary/aromatic N) is 4. The van der Waals surface area contributed by atoms with E-state index in [-0.39, 0.29) is 0 Å². The van der Waals surface area contributed by atoms with Crippen LogP contribution in [0.4, 0.5) is 17.6 Å². The third-order valence-electron chi connectivity index (χ3n) is 3.76. The van der Waals surface area contributed by atoms with Gasteiger partial charge < -0.3 is 24.2 Å². The third kappa shape index (κ3) is 3.43. The van der Waals surface area contributed by atoms with Gasteiger partial charge in [-0.1, -0.05) is 0 Å². The number of nitrogens with one attached hydrogen (secondary N) is 2. The zero-order valence-electron chi connectivity index (χ0n) is 14.6. The summed E-state index contributed by atoms with van der Waals surface area (Å²) in [6.45, 7) is 0. The van der Waals surface area contributed by atoms with E-state index in [1.165, 1.54) is 6.39 Å². The lowest BCUT2D eigenvalue weighted by molar-refractivity contribution is 0.415. The van der Waals surface area contributed by atoms with Crippen LogP contribution in [-0.4, -0.2) is 34.1 Å². The van der Waals surface area contributed by atoms with Crippen LogP contribution in [-0.2, 0) is 0 Å². The SMILES string of the molecule is CNc1nc(Nc2ccc(-c3cnco3)c(OC)c2)nc(-c2ccco2)n1.